The molecule has 1 N–H and O–H groups in total. The van der Waals surface area contributed by atoms with E-state index in [4.69, 9.17) is 12.2 Å². The van der Waals surface area contributed by atoms with E-state index in [0.29, 0.717) is 5.52 Å². The maximum atomic E-state index is 14.3. The van der Waals surface area contributed by atoms with Gasteiger partial charge in [-0.05, 0) is 52.8 Å². The SMILES string of the molecule is Cc1ccc(F)c(-n2c(=S)[nH]c3cc(Br)c(F)cc32)c1F. The summed E-state index contributed by atoms with van der Waals surface area (Å²) in [6, 6.07) is 5.14. The zero-order valence-electron chi connectivity index (χ0n) is 10.7. The van der Waals surface area contributed by atoms with Crippen molar-refractivity contribution in [1.29, 1.82) is 0 Å². The van der Waals surface area contributed by atoms with E-state index in [0.717, 1.165) is 10.6 Å². The predicted molar refractivity (Wildman–Crippen MR) is 80.8 cm³/mol. The highest BCUT2D eigenvalue weighted by Crippen LogP contribution is 2.28. The van der Waals surface area contributed by atoms with E-state index >= 15 is 0 Å². The molecule has 0 aliphatic heterocycles. The summed E-state index contributed by atoms with van der Waals surface area (Å²) >= 11 is 8.18. The Labute approximate surface area is 131 Å². The van der Waals surface area contributed by atoms with Crippen LogP contribution in [0.5, 0.6) is 0 Å². The second kappa shape index (κ2) is 4.99. The Balaban J connectivity index is 2.47. The number of hydrogen-bond acceptors (Lipinski definition) is 1. The fraction of sp³-hybridized carbons (Fsp3) is 0.0714. The molecule has 7 heteroatoms. The van der Waals surface area contributed by atoms with Crippen LogP contribution in [0.15, 0.2) is 28.7 Å². The van der Waals surface area contributed by atoms with Gasteiger partial charge in [0, 0.05) is 6.07 Å². The van der Waals surface area contributed by atoms with Crippen LogP contribution in [-0.2, 0) is 0 Å². The quantitative estimate of drug-likeness (QED) is 0.584. The number of benzene rings is 2. The minimum Gasteiger partial charge on any atom is -0.330 e. The smallest absolute Gasteiger partial charge is 0.182 e. The summed E-state index contributed by atoms with van der Waals surface area (Å²) in [5, 5.41) is 0. The van der Waals surface area contributed by atoms with Gasteiger partial charge in [-0.15, -0.1) is 0 Å². The van der Waals surface area contributed by atoms with Gasteiger partial charge >= 0.3 is 0 Å². The highest BCUT2D eigenvalue weighted by Gasteiger charge is 2.18. The fourth-order valence-electron chi connectivity index (χ4n) is 2.17. The van der Waals surface area contributed by atoms with Crippen LogP contribution in [0.25, 0.3) is 16.7 Å². The van der Waals surface area contributed by atoms with Crippen LogP contribution in [0.3, 0.4) is 0 Å². The Morgan fingerprint density at radius 3 is 2.57 bits per heavy atom. The number of rotatable bonds is 1. The van der Waals surface area contributed by atoms with Crippen LogP contribution < -0.4 is 0 Å². The molecule has 0 saturated heterocycles. The zero-order valence-corrected chi connectivity index (χ0v) is 13.1. The lowest BCUT2D eigenvalue weighted by Gasteiger charge is -2.09. The van der Waals surface area contributed by atoms with Crippen LogP contribution in [0.4, 0.5) is 13.2 Å². The molecule has 2 nitrogen and oxygen atoms in total. The van der Waals surface area contributed by atoms with Gasteiger partial charge in [-0.3, -0.25) is 4.57 Å². The Morgan fingerprint density at radius 1 is 1.14 bits per heavy atom. The van der Waals surface area contributed by atoms with Crippen molar-refractivity contribution >= 4 is 39.2 Å². The molecule has 0 atom stereocenters. The lowest BCUT2D eigenvalue weighted by molar-refractivity contribution is 0.564. The van der Waals surface area contributed by atoms with Gasteiger partial charge in [0.15, 0.2) is 10.6 Å². The largest absolute Gasteiger partial charge is 0.330 e. The van der Waals surface area contributed by atoms with Crippen molar-refractivity contribution in [2.45, 2.75) is 6.92 Å². The van der Waals surface area contributed by atoms with Crippen LogP contribution in [0, 0.1) is 29.1 Å². The molecule has 0 fully saturated rings. The minimum atomic E-state index is -0.765. The summed E-state index contributed by atoms with van der Waals surface area (Å²) in [5.74, 6) is -2.03. The molecular formula is C14H8BrF3N2S. The summed E-state index contributed by atoms with van der Waals surface area (Å²) in [6.07, 6.45) is 0. The van der Waals surface area contributed by atoms with Crippen LogP contribution in [-0.4, -0.2) is 9.55 Å². The average molecular weight is 373 g/mol. The molecule has 0 amide bonds. The lowest BCUT2D eigenvalue weighted by atomic mass is 10.2. The molecule has 0 spiro atoms. The van der Waals surface area contributed by atoms with E-state index in [2.05, 4.69) is 20.9 Å². The maximum Gasteiger partial charge on any atom is 0.182 e. The van der Waals surface area contributed by atoms with Gasteiger partial charge in [0.25, 0.3) is 0 Å². The second-order valence-electron chi connectivity index (χ2n) is 4.58. The van der Waals surface area contributed by atoms with E-state index in [1.54, 1.807) is 0 Å². The van der Waals surface area contributed by atoms with E-state index < -0.39 is 17.5 Å². The first-order valence-corrected chi connectivity index (χ1v) is 7.15. The first-order chi connectivity index (χ1) is 9.90. The molecule has 0 saturated carbocycles. The molecule has 0 bridgehead atoms. The normalized spacial score (nSPS) is 11.3. The van der Waals surface area contributed by atoms with Crippen LogP contribution >= 0.6 is 28.1 Å². The Morgan fingerprint density at radius 2 is 1.86 bits per heavy atom. The first-order valence-electron chi connectivity index (χ1n) is 5.95. The number of aromatic nitrogens is 2. The topological polar surface area (TPSA) is 20.7 Å². The van der Waals surface area contributed by atoms with Gasteiger partial charge in [0.2, 0.25) is 0 Å². The van der Waals surface area contributed by atoms with Gasteiger partial charge in [0.1, 0.15) is 17.3 Å². The summed E-state index contributed by atoms with van der Waals surface area (Å²) in [4.78, 5) is 2.82. The molecule has 0 radical (unpaired) electrons. The molecule has 1 aromatic heterocycles. The molecule has 0 unspecified atom stereocenters. The van der Waals surface area contributed by atoms with Gasteiger partial charge in [0.05, 0.1) is 15.5 Å². The molecule has 0 aliphatic carbocycles. The minimum absolute atomic E-state index is 0.0888. The third-order valence-electron chi connectivity index (χ3n) is 3.21. The maximum absolute atomic E-state index is 14.3. The molecule has 21 heavy (non-hydrogen) atoms. The van der Waals surface area contributed by atoms with E-state index in [9.17, 15) is 13.2 Å². The van der Waals surface area contributed by atoms with Crippen molar-refractivity contribution in [3.8, 4) is 5.69 Å². The van der Waals surface area contributed by atoms with Gasteiger partial charge in [-0.25, -0.2) is 13.2 Å². The van der Waals surface area contributed by atoms with Crippen LogP contribution in [0.1, 0.15) is 5.56 Å². The molecule has 2 aromatic carbocycles. The predicted octanol–water partition coefficient (Wildman–Crippen LogP) is 5.18. The summed E-state index contributed by atoms with van der Waals surface area (Å²) in [5.41, 5.74) is 0.714. The number of aryl methyl sites for hydroxylation is 1. The third kappa shape index (κ3) is 2.20. The lowest BCUT2D eigenvalue weighted by Crippen LogP contribution is -2.03. The number of hydrogen-bond donors (Lipinski definition) is 1. The second-order valence-corrected chi connectivity index (χ2v) is 5.82. The van der Waals surface area contributed by atoms with E-state index in [1.165, 1.54) is 25.1 Å². The number of fused-ring (bicyclic) bond motifs is 1. The Kier molecular flexibility index (Phi) is 3.41. The summed E-state index contributed by atoms with van der Waals surface area (Å²) in [6.45, 7) is 1.52. The molecule has 3 rings (SSSR count). The van der Waals surface area contributed by atoms with Crippen molar-refractivity contribution in [1.82, 2.24) is 9.55 Å². The molecule has 0 aliphatic rings. The van der Waals surface area contributed by atoms with Gasteiger partial charge < -0.3 is 4.98 Å². The zero-order chi connectivity index (χ0) is 15.3. The van der Waals surface area contributed by atoms with E-state index in [1.807, 2.05) is 0 Å². The van der Waals surface area contributed by atoms with Crippen LogP contribution in [0.2, 0.25) is 0 Å². The Bertz CT molecular complexity index is 930. The highest BCUT2D eigenvalue weighted by atomic mass is 79.9. The van der Waals surface area contributed by atoms with Crippen molar-refractivity contribution in [3.05, 3.63) is 56.5 Å². The first kappa shape index (κ1) is 14.3. The number of halogens is 4. The Hall–Kier alpha value is -1.60. The van der Waals surface area contributed by atoms with Gasteiger partial charge in [-0.1, -0.05) is 6.07 Å². The average Bonchev–Trinajstić information content (AvgIpc) is 2.72. The highest BCUT2D eigenvalue weighted by molar-refractivity contribution is 9.10. The van der Waals surface area contributed by atoms with Crippen molar-refractivity contribution in [2.24, 2.45) is 0 Å². The summed E-state index contributed by atoms with van der Waals surface area (Å²) < 4.78 is 43.6. The molecule has 108 valence electrons. The van der Waals surface area contributed by atoms with E-state index in [-0.39, 0.29) is 26.0 Å². The number of nitrogens with zero attached hydrogens (tertiary/aromatic N) is 1. The monoisotopic (exact) mass is 372 g/mol. The van der Waals surface area contributed by atoms with Gasteiger partial charge in [-0.2, -0.15) is 0 Å². The number of imidazole rings is 1. The summed E-state index contributed by atoms with van der Waals surface area (Å²) in [7, 11) is 0. The molecule has 3 aromatic rings. The van der Waals surface area contributed by atoms with Crippen molar-refractivity contribution in [3.63, 3.8) is 0 Å². The standard InChI is InChI=1S/C14H8BrF3N2S/c1-6-2-3-8(16)13(12(6)18)20-11-5-9(17)7(15)4-10(11)19-14(20)21/h2-5H,1H3,(H,19,21). The van der Waals surface area contributed by atoms with Crippen molar-refractivity contribution < 1.29 is 13.2 Å². The fourth-order valence-corrected chi connectivity index (χ4v) is 2.81. The number of aromatic amines is 1. The number of nitrogens with one attached hydrogen (secondary N) is 1. The molecule has 1 heterocycles. The van der Waals surface area contributed by atoms with Crippen molar-refractivity contribution in [2.75, 3.05) is 0 Å². The third-order valence-corrected chi connectivity index (χ3v) is 4.10. The molecular weight excluding hydrogens is 365 g/mol. The number of H-pyrrole nitrogens is 1.